The molecule has 0 unspecified atom stereocenters. The van der Waals surface area contributed by atoms with Gasteiger partial charge >= 0.3 is 0 Å². The van der Waals surface area contributed by atoms with Crippen LogP contribution in [-0.4, -0.2) is 34.9 Å². The number of carbonyl (C=O) groups is 2. The van der Waals surface area contributed by atoms with Crippen LogP contribution in [0.3, 0.4) is 0 Å². The highest BCUT2D eigenvalue weighted by atomic mass is 35.5. The molecule has 1 aromatic carbocycles. The first kappa shape index (κ1) is 20.2. The Morgan fingerprint density at radius 3 is 2.71 bits per heavy atom. The Morgan fingerprint density at radius 1 is 1.29 bits per heavy atom. The molecule has 3 rings (SSSR count). The van der Waals surface area contributed by atoms with Crippen molar-refractivity contribution >= 4 is 29.6 Å². The van der Waals surface area contributed by atoms with E-state index in [-0.39, 0.29) is 17.0 Å². The van der Waals surface area contributed by atoms with Crippen molar-refractivity contribution in [1.29, 1.82) is 0 Å². The summed E-state index contributed by atoms with van der Waals surface area (Å²) in [4.78, 5) is 32.9. The third-order valence-electron chi connectivity index (χ3n) is 5.12. The number of hydrogen-bond donors (Lipinski definition) is 1. The van der Waals surface area contributed by atoms with Crippen LogP contribution in [0.5, 0.6) is 0 Å². The lowest BCUT2D eigenvalue weighted by Crippen LogP contribution is -2.38. The molecule has 1 aliphatic rings. The lowest BCUT2D eigenvalue weighted by atomic mass is 9.84. The van der Waals surface area contributed by atoms with E-state index in [0.29, 0.717) is 23.8 Å². The molecule has 1 saturated carbocycles. The summed E-state index contributed by atoms with van der Waals surface area (Å²) >= 11 is 6.05. The number of hydrogen-bond acceptors (Lipinski definition) is 4. The van der Waals surface area contributed by atoms with Gasteiger partial charge in [0.15, 0.2) is 0 Å². The smallest absolute Gasteiger partial charge is 0.270 e. The number of anilines is 1. The number of benzene rings is 1. The number of nitrogens with one attached hydrogen (secondary N) is 1. The van der Waals surface area contributed by atoms with Crippen LogP contribution in [0.25, 0.3) is 0 Å². The van der Waals surface area contributed by atoms with Crippen molar-refractivity contribution in [2.75, 3.05) is 11.4 Å². The Kier molecular flexibility index (Phi) is 6.92. The monoisotopic (exact) mass is 404 g/mol. The van der Waals surface area contributed by atoms with Gasteiger partial charge in [-0.15, -0.1) is 0 Å². The second-order valence-electron chi connectivity index (χ2n) is 6.97. The SMILES string of the molecule is O=CN(CCC1CCC(NC(=O)c2ccncn2)CC1)c1ccc(F)cc1Cl. The lowest BCUT2D eigenvalue weighted by molar-refractivity contribution is -0.107. The quantitative estimate of drug-likeness (QED) is 0.715. The Labute approximate surface area is 168 Å². The predicted molar refractivity (Wildman–Crippen MR) is 105 cm³/mol. The van der Waals surface area contributed by atoms with E-state index in [4.69, 9.17) is 11.6 Å². The molecule has 6 nitrogen and oxygen atoms in total. The second-order valence-corrected chi connectivity index (χ2v) is 7.38. The molecule has 148 valence electrons. The highest BCUT2D eigenvalue weighted by Crippen LogP contribution is 2.30. The Bertz CT molecular complexity index is 813. The van der Waals surface area contributed by atoms with Crippen molar-refractivity contribution in [2.45, 2.75) is 38.1 Å². The van der Waals surface area contributed by atoms with Crippen molar-refractivity contribution in [3.05, 3.63) is 53.3 Å². The van der Waals surface area contributed by atoms with Crippen LogP contribution < -0.4 is 10.2 Å². The Morgan fingerprint density at radius 2 is 2.07 bits per heavy atom. The van der Waals surface area contributed by atoms with Crippen LogP contribution in [0.4, 0.5) is 10.1 Å². The lowest BCUT2D eigenvalue weighted by Gasteiger charge is -2.30. The summed E-state index contributed by atoms with van der Waals surface area (Å²) in [7, 11) is 0. The summed E-state index contributed by atoms with van der Waals surface area (Å²) in [6.07, 6.45) is 8.19. The van der Waals surface area contributed by atoms with Crippen LogP contribution in [-0.2, 0) is 4.79 Å². The van der Waals surface area contributed by atoms with Crippen LogP contribution in [0.1, 0.15) is 42.6 Å². The maximum Gasteiger partial charge on any atom is 0.270 e. The largest absolute Gasteiger partial charge is 0.348 e. The van der Waals surface area contributed by atoms with E-state index in [2.05, 4.69) is 15.3 Å². The fraction of sp³-hybridized carbons (Fsp3) is 0.400. The van der Waals surface area contributed by atoms with E-state index in [1.54, 1.807) is 12.3 Å². The first-order chi connectivity index (χ1) is 13.6. The summed E-state index contributed by atoms with van der Waals surface area (Å²) in [6.45, 7) is 0.525. The van der Waals surface area contributed by atoms with Gasteiger partial charge in [0.05, 0.1) is 10.7 Å². The van der Waals surface area contributed by atoms with Crippen molar-refractivity contribution in [3.63, 3.8) is 0 Å². The first-order valence-corrected chi connectivity index (χ1v) is 9.68. The van der Waals surface area contributed by atoms with Crippen LogP contribution >= 0.6 is 11.6 Å². The molecule has 2 aromatic rings. The molecule has 0 saturated heterocycles. The summed E-state index contributed by atoms with van der Waals surface area (Å²) in [5.74, 6) is -0.139. The molecular weight excluding hydrogens is 383 g/mol. The summed E-state index contributed by atoms with van der Waals surface area (Å²) in [5, 5.41) is 3.25. The molecule has 2 amide bonds. The third-order valence-corrected chi connectivity index (χ3v) is 5.42. The van der Waals surface area contributed by atoms with Gasteiger partial charge in [-0.1, -0.05) is 11.6 Å². The molecule has 1 aliphatic carbocycles. The highest BCUT2D eigenvalue weighted by molar-refractivity contribution is 6.33. The zero-order valence-corrected chi connectivity index (χ0v) is 16.1. The molecule has 0 atom stereocenters. The molecule has 0 radical (unpaired) electrons. The van der Waals surface area contributed by atoms with Gasteiger partial charge in [-0.2, -0.15) is 0 Å². The van der Waals surface area contributed by atoms with E-state index in [1.165, 1.54) is 29.4 Å². The van der Waals surface area contributed by atoms with E-state index < -0.39 is 5.82 Å². The third kappa shape index (κ3) is 5.25. The number of halogens is 2. The van der Waals surface area contributed by atoms with Crippen LogP contribution in [0, 0.1) is 11.7 Å². The Balaban J connectivity index is 1.46. The molecule has 8 heteroatoms. The Hall–Kier alpha value is -2.54. The van der Waals surface area contributed by atoms with Crippen molar-refractivity contribution in [1.82, 2.24) is 15.3 Å². The van der Waals surface area contributed by atoms with Gasteiger partial charge < -0.3 is 10.2 Å². The average Bonchev–Trinajstić information content (AvgIpc) is 2.71. The molecular formula is C20H22ClFN4O2. The molecule has 1 aromatic heterocycles. The van der Waals surface area contributed by atoms with Crippen molar-refractivity contribution in [3.8, 4) is 0 Å². The second kappa shape index (κ2) is 9.59. The fourth-order valence-corrected chi connectivity index (χ4v) is 3.82. The van der Waals surface area contributed by atoms with Crippen molar-refractivity contribution < 1.29 is 14.0 Å². The number of nitrogens with zero attached hydrogens (tertiary/aromatic N) is 3. The molecule has 0 bridgehead atoms. The number of amides is 2. The van der Waals surface area contributed by atoms with E-state index in [9.17, 15) is 14.0 Å². The molecule has 1 fully saturated rings. The summed E-state index contributed by atoms with van der Waals surface area (Å²) in [6, 6.07) is 5.75. The zero-order chi connectivity index (χ0) is 19.9. The van der Waals surface area contributed by atoms with E-state index in [1.807, 2.05) is 0 Å². The molecule has 28 heavy (non-hydrogen) atoms. The van der Waals surface area contributed by atoms with Crippen LogP contribution in [0.2, 0.25) is 5.02 Å². The topological polar surface area (TPSA) is 75.2 Å². The van der Waals surface area contributed by atoms with E-state index >= 15 is 0 Å². The van der Waals surface area contributed by atoms with Gasteiger partial charge in [0, 0.05) is 18.8 Å². The number of rotatable bonds is 7. The number of aromatic nitrogens is 2. The minimum absolute atomic E-state index is 0.132. The molecule has 0 aliphatic heterocycles. The first-order valence-electron chi connectivity index (χ1n) is 9.30. The molecule has 1 heterocycles. The minimum Gasteiger partial charge on any atom is -0.348 e. The van der Waals surface area contributed by atoms with Crippen LogP contribution in [0.15, 0.2) is 36.8 Å². The normalized spacial score (nSPS) is 19.1. The van der Waals surface area contributed by atoms with Gasteiger partial charge in [0.2, 0.25) is 6.41 Å². The van der Waals surface area contributed by atoms with E-state index in [0.717, 1.165) is 38.5 Å². The minimum atomic E-state index is -0.429. The summed E-state index contributed by atoms with van der Waals surface area (Å²) < 4.78 is 13.2. The zero-order valence-electron chi connectivity index (χ0n) is 15.4. The average molecular weight is 405 g/mol. The maximum absolute atomic E-state index is 13.2. The molecule has 0 spiro atoms. The van der Waals surface area contributed by atoms with Crippen molar-refractivity contribution in [2.24, 2.45) is 5.92 Å². The fourth-order valence-electron chi connectivity index (χ4n) is 3.55. The standard InChI is InChI=1S/C20H22ClFN4O2/c21-17-11-15(22)3-6-19(17)26(13-27)10-8-14-1-4-16(5-2-14)25-20(28)18-7-9-23-12-24-18/h3,6-7,9,11-14,16H,1-2,4-5,8,10H2,(H,25,28). The van der Waals surface area contributed by atoms with Gasteiger partial charge in [0.1, 0.15) is 17.8 Å². The van der Waals surface area contributed by atoms with Gasteiger partial charge in [-0.3, -0.25) is 9.59 Å². The predicted octanol–water partition coefficient (Wildman–Crippen LogP) is 3.61. The number of carbonyl (C=O) groups excluding carboxylic acids is 2. The maximum atomic E-state index is 13.2. The van der Waals surface area contributed by atoms with Gasteiger partial charge in [0.25, 0.3) is 5.91 Å². The van der Waals surface area contributed by atoms with Gasteiger partial charge in [-0.05, 0) is 62.3 Å². The summed E-state index contributed by atoms with van der Waals surface area (Å²) in [5.41, 5.74) is 0.888. The molecule has 1 N–H and O–H groups in total. The van der Waals surface area contributed by atoms with Gasteiger partial charge in [-0.25, -0.2) is 14.4 Å². The highest BCUT2D eigenvalue weighted by Gasteiger charge is 2.24.